The van der Waals surface area contributed by atoms with Gasteiger partial charge in [-0.05, 0) is 43.5 Å². The Hall–Kier alpha value is -2.83. The lowest BCUT2D eigenvalue weighted by molar-refractivity contribution is -0.137. The van der Waals surface area contributed by atoms with Crippen LogP contribution in [-0.4, -0.2) is 43.6 Å². The number of anilines is 1. The zero-order valence-electron chi connectivity index (χ0n) is 18.7. The van der Waals surface area contributed by atoms with Gasteiger partial charge in [0.1, 0.15) is 11.4 Å². The summed E-state index contributed by atoms with van der Waals surface area (Å²) >= 11 is 6.16. The first kappa shape index (κ1) is 23.8. The molecule has 0 saturated heterocycles. The number of carbonyl (C=O) groups is 2. The maximum Gasteiger partial charge on any atom is 0.278 e. The van der Waals surface area contributed by atoms with Gasteiger partial charge >= 0.3 is 0 Å². The number of benzene rings is 2. The molecule has 2 aromatic carbocycles. The van der Waals surface area contributed by atoms with Gasteiger partial charge in [-0.2, -0.15) is 0 Å². The molecule has 2 amide bonds. The van der Waals surface area contributed by atoms with Crippen molar-refractivity contribution in [1.29, 1.82) is 0 Å². The van der Waals surface area contributed by atoms with Crippen molar-refractivity contribution in [2.45, 2.75) is 33.1 Å². The maximum atomic E-state index is 13.3. The van der Waals surface area contributed by atoms with Gasteiger partial charge < -0.3 is 14.8 Å². The number of amides is 2. The highest BCUT2D eigenvalue weighted by atomic mass is 35.5. The minimum Gasteiger partial charge on any atom is -0.495 e. The largest absolute Gasteiger partial charge is 0.495 e. The van der Waals surface area contributed by atoms with E-state index in [-0.39, 0.29) is 24.1 Å². The van der Waals surface area contributed by atoms with Gasteiger partial charge in [0.2, 0.25) is 0 Å². The van der Waals surface area contributed by atoms with E-state index in [0.717, 1.165) is 18.4 Å². The van der Waals surface area contributed by atoms with Crippen molar-refractivity contribution in [3.8, 4) is 5.75 Å². The number of rotatable bonds is 11. The van der Waals surface area contributed by atoms with Crippen molar-refractivity contribution in [2.24, 2.45) is 0 Å². The summed E-state index contributed by atoms with van der Waals surface area (Å²) in [6.45, 7) is 5.55. The van der Waals surface area contributed by atoms with Crippen LogP contribution in [0.15, 0.2) is 48.2 Å². The molecule has 7 heteroatoms. The van der Waals surface area contributed by atoms with Crippen molar-refractivity contribution in [3.63, 3.8) is 0 Å². The monoisotopic (exact) mass is 456 g/mol. The molecule has 1 aliphatic heterocycles. The van der Waals surface area contributed by atoms with Gasteiger partial charge in [0.15, 0.2) is 0 Å². The zero-order chi connectivity index (χ0) is 23.1. The van der Waals surface area contributed by atoms with Crippen LogP contribution in [0.5, 0.6) is 5.75 Å². The molecule has 2 aromatic rings. The summed E-state index contributed by atoms with van der Waals surface area (Å²) in [5, 5.41) is 3.61. The molecule has 0 fully saturated rings. The number of carbonyl (C=O) groups excluding carboxylic acids is 2. The average molecular weight is 457 g/mol. The number of hydrogen-bond acceptors (Lipinski definition) is 5. The van der Waals surface area contributed by atoms with E-state index in [1.54, 1.807) is 18.2 Å². The normalized spacial score (nSPS) is 13.8. The molecule has 0 unspecified atom stereocenters. The van der Waals surface area contributed by atoms with Gasteiger partial charge in [0, 0.05) is 24.8 Å². The Morgan fingerprint density at radius 1 is 1.00 bits per heavy atom. The number of unbranched alkanes of at least 4 members (excludes halogenated alkanes) is 1. The summed E-state index contributed by atoms with van der Waals surface area (Å²) in [6, 6.07) is 12.6. The fraction of sp³-hybridized carbons (Fsp3) is 0.360. The molecule has 0 aromatic heterocycles. The summed E-state index contributed by atoms with van der Waals surface area (Å²) in [5.41, 5.74) is 2.82. The van der Waals surface area contributed by atoms with Crippen LogP contribution in [0.4, 0.5) is 5.69 Å². The van der Waals surface area contributed by atoms with Crippen LogP contribution in [0.25, 0.3) is 5.57 Å². The van der Waals surface area contributed by atoms with Crippen molar-refractivity contribution in [2.75, 3.05) is 32.2 Å². The van der Waals surface area contributed by atoms with E-state index in [1.165, 1.54) is 12.0 Å². The zero-order valence-corrected chi connectivity index (χ0v) is 19.5. The molecule has 0 aliphatic carbocycles. The van der Waals surface area contributed by atoms with E-state index in [0.29, 0.717) is 47.2 Å². The summed E-state index contributed by atoms with van der Waals surface area (Å²) in [5.74, 6) is -0.176. The number of aryl methyl sites for hydroxylation is 1. The topological polar surface area (TPSA) is 67.9 Å². The van der Waals surface area contributed by atoms with Crippen LogP contribution in [0.2, 0.25) is 5.02 Å². The standard InChI is InChI=1S/C25H29ClN2O4/c1-4-5-14-32-15-6-13-28-24(29)22(18-9-7-17(2)8-10-18)23(25(28)30)27-20-16-19(26)11-12-21(20)31-3/h7-12,16,27H,4-6,13-15H2,1-3H3. The molecular weight excluding hydrogens is 428 g/mol. The van der Waals surface area contributed by atoms with Crippen LogP contribution in [0.3, 0.4) is 0 Å². The lowest BCUT2D eigenvalue weighted by Crippen LogP contribution is -2.34. The summed E-state index contributed by atoms with van der Waals surface area (Å²) in [6.07, 6.45) is 2.64. The second kappa shape index (κ2) is 11.2. The smallest absolute Gasteiger partial charge is 0.278 e. The molecule has 0 spiro atoms. The third-order valence-electron chi connectivity index (χ3n) is 5.24. The quantitative estimate of drug-likeness (QED) is 0.378. The molecule has 0 bridgehead atoms. The number of halogens is 1. The summed E-state index contributed by atoms with van der Waals surface area (Å²) in [4.78, 5) is 27.9. The molecule has 1 aliphatic rings. The highest BCUT2D eigenvalue weighted by Gasteiger charge is 2.39. The Kier molecular flexibility index (Phi) is 8.31. The summed E-state index contributed by atoms with van der Waals surface area (Å²) < 4.78 is 11.0. The van der Waals surface area contributed by atoms with Gasteiger partial charge in [-0.3, -0.25) is 14.5 Å². The molecule has 170 valence electrons. The number of nitrogens with one attached hydrogen (secondary N) is 1. The first-order valence-electron chi connectivity index (χ1n) is 10.8. The van der Waals surface area contributed by atoms with E-state index < -0.39 is 0 Å². The molecule has 6 nitrogen and oxygen atoms in total. The Balaban J connectivity index is 1.88. The van der Waals surface area contributed by atoms with Gasteiger partial charge in [-0.1, -0.05) is 54.8 Å². The Morgan fingerprint density at radius 3 is 2.41 bits per heavy atom. The van der Waals surface area contributed by atoms with Gasteiger partial charge in [-0.25, -0.2) is 0 Å². The van der Waals surface area contributed by atoms with Crippen molar-refractivity contribution < 1.29 is 19.1 Å². The first-order valence-corrected chi connectivity index (χ1v) is 11.2. The van der Waals surface area contributed by atoms with Crippen molar-refractivity contribution in [3.05, 3.63) is 64.3 Å². The molecule has 0 radical (unpaired) electrons. The third kappa shape index (κ3) is 5.50. The Morgan fingerprint density at radius 2 is 1.72 bits per heavy atom. The SMILES string of the molecule is CCCCOCCCN1C(=O)C(Nc2cc(Cl)ccc2OC)=C(c2ccc(C)cc2)C1=O. The van der Waals surface area contributed by atoms with Crippen LogP contribution >= 0.6 is 11.6 Å². The average Bonchev–Trinajstić information content (AvgIpc) is 3.01. The molecule has 0 atom stereocenters. The van der Waals surface area contributed by atoms with E-state index >= 15 is 0 Å². The van der Waals surface area contributed by atoms with E-state index in [9.17, 15) is 9.59 Å². The minimum absolute atomic E-state index is 0.214. The number of imide groups is 1. The predicted molar refractivity (Wildman–Crippen MR) is 127 cm³/mol. The highest BCUT2D eigenvalue weighted by Crippen LogP contribution is 2.34. The Labute approximate surface area is 194 Å². The van der Waals surface area contributed by atoms with Gasteiger partial charge in [0.05, 0.1) is 18.4 Å². The molecule has 3 rings (SSSR count). The van der Waals surface area contributed by atoms with Crippen LogP contribution in [-0.2, 0) is 14.3 Å². The first-order chi connectivity index (χ1) is 15.5. The molecule has 32 heavy (non-hydrogen) atoms. The lowest BCUT2D eigenvalue weighted by Gasteiger charge is -2.16. The maximum absolute atomic E-state index is 13.3. The van der Waals surface area contributed by atoms with Gasteiger partial charge in [-0.15, -0.1) is 0 Å². The third-order valence-corrected chi connectivity index (χ3v) is 5.48. The predicted octanol–water partition coefficient (Wildman–Crippen LogP) is 5.06. The van der Waals surface area contributed by atoms with Crippen LogP contribution in [0.1, 0.15) is 37.3 Å². The lowest BCUT2D eigenvalue weighted by atomic mass is 10.0. The van der Waals surface area contributed by atoms with Crippen LogP contribution < -0.4 is 10.1 Å². The number of methoxy groups -OCH3 is 1. The van der Waals surface area contributed by atoms with Gasteiger partial charge in [0.25, 0.3) is 11.8 Å². The summed E-state index contributed by atoms with van der Waals surface area (Å²) in [7, 11) is 1.54. The molecular formula is C25H29ClN2O4. The minimum atomic E-state index is -0.374. The number of nitrogens with zero attached hydrogens (tertiary/aromatic N) is 1. The van der Waals surface area contributed by atoms with E-state index in [2.05, 4.69) is 12.2 Å². The fourth-order valence-electron chi connectivity index (χ4n) is 3.47. The highest BCUT2D eigenvalue weighted by molar-refractivity contribution is 6.36. The number of hydrogen-bond donors (Lipinski definition) is 1. The van der Waals surface area contributed by atoms with E-state index in [1.807, 2.05) is 31.2 Å². The second-order valence-corrected chi connectivity index (χ2v) is 8.10. The fourth-order valence-corrected chi connectivity index (χ4v) is 3.64. The van der Waals surface area contributed by atoms with Crippen LogP contribution in [0, 0.1) is 6.92 Å². The number of ether oxygens (including phenoxy) is 2. The van der Waals surface area contributed by atoms with Crippen molar-refractivity contribution in [1.82, 2.24) is 4.90 Å². The Bertz CT molecular complexity index is 1000. The molecule has 0 saturated carbocycles. The molecule has 1 heterocycles. The second-order valence-electron chi connectivity index (χ2n) is 7.67. The van der Waals surface area contributed by atoms with E-state index in [4.69, 9.17) is 21.1 Å². The molecule has 1 N–H and O–H groups in total. The van der Waals surface area contributed by atoms with Crippen molar-refractivity contribution >= 4 is 34.7 Å².